The molecule has 2 amide bonds. The second-order valence-electron chi connectivity index (χ2n) is 6.80. The number of halogens is 1. The van der Waals surface area contributed by atoms with Gasteiger partial charge in [0.1, 0.15) is 11.7 Å². The van der Waals surface area contributed by atoms with Crippen LogP contribution in [0.5, 0.6) is 0 Å². The van der Waals surface area contributed by atoms with Crippen molar-refractivity contribution in [3.05, 3.63) is 42.2 Å². The van der Waals surface area contributed by atoms with Crippen molar-refractivity contribution < 1.29 is 22.4 Å². The first-order valence-corrected chi connectivity index (χ1v) is 11.0. The number of hydrogen-bond donors (Lipinski definition) is 1. The maximum atomic E-state index is 13.0. The molecular formula is C19H23FN4O4S. The fourth-order valence-corrected chi connectivity index (χ4v) is 4.71. The van der Waals surface area contributed by atoms with Crippen LogP contribution in [-0.2, 0) is 19.6 Å². The summed E-state index contributed by atoms with van der Waals surface area (Å²) >= 11 is 0. The Bertz CT molecular complexity index is 907. The molecule has 1 fully saturated rings. The Kier molecular flexibility index (Phi) is 6.75. The minimum Gasteiger partial charge on any atom is -0.369 e. The molecule has 156 valence electrons. The predicted molar refractivity (Wildman–Crippen MR) is 108 cm³/mol. The Morgan fingerprint density at radius 1 is 1.17 bits per heavy atom. The first-order chi connectivity index (χ1) is 13.9. The molecule has 1 atom stereocenters. The normalized spacial score (nSPS) is 20.1. The second kappa shape index (κ2) is 9.27. The van der Waals surface area contributed by atoms with E-state index in [0.29, 0.717) is 26.2 Å². The van der Waals surface area contributed by atoms with E-state index in [1.54, 1.807) is 12.1 Å². The first-order valence-electron chi connectivity index (χ1n) is 9.37. The van der Waals surface area contributed by atoms with Gasteiger partial charge < -0.3 is 10.2 Å². The standard InChI is InChI=1S/C19H23FN4O4S/c20-15-4-6-16(7-5-15)23-10-12-24(13-11-23)29(27,28)14-2-9-22-19(26)17-3-1-8-21-18(17)25/h1,3-8,17H,2,9-14H2,(H,22,26). The maximum absolute atomic E-state index is 13.0. The predicted octanol–water partition coefficient (Wildman–Crippen LogP) is 0.567. The SMILES string of the molecule is O=C1N=CC=CC1C(=O)NCCCS(=O)(=O)N1CCN(c2ccc(F)cc2)CC1. The lowest BCUT2D eigenvalue weighted by molar-refractivity contribution is -0.131. The van der Waals surface area contributed by atoms with E-state index in [9.17, 15) is 22.4 Å². The van der Waals surface area contributed by atoms with Crippen molar-refractivity contribution in [2.24, 2.45) is 10.9 Å². The van der Waals surface area contributed by atoms with Gasteiger partial charge in [0.25, 0.3) is 5.91 Å². The fraction of sp³-hybridized carbons (Fsp3) is 0.421. The molecule has 0 aliphatic carbocycles. The summed E-state index contributed by atoms with van der Waals surface area (Å²) in [5, 5.41) is 2.58. The molecule has 0 aromatic heterocycles. The number of carbonyl (C=O) groups excluding carboxylic acids is 2. The molecule has 0 radical (unpaired) electrons. The molecule has 0 bridgehead atoms. The summed E-state index contributed by atoms with van der Waals surface area (Å²) in [6, 6.07) is 6.13. The number of anilines is 1. The lowest BCUT2D eigenvalue weighted by Crippen LogP contribution is -2.49. The Hall–Kier alpha value is -2.59. The zero-order valence-corrected chi connectivity index (χ0v) is 16.6. The quantitative estimate of drug-likeness (QED) is 0.512. The number of amides is 2. The summed E-state index contributed by atoms with van der Waals surface area (Å²) < 4.78 is 39.5. The molecule has 1 aromatic carbocycles. The highest BCUT2D eigenvalue weighted by atomic mass is 32.2. The Morgan fingerprint density at radius 3 is 2.52 bits per heavy atom. The van der Waals surface area contributed by atoms with Crippen LogP contribution >= 0.6 is 0 Å². The third-order valence-corrected chi connectivity index (χ3v) is 6.80. The number of hydrogen-bond acceptors (Lipinski definition) is 5. The van der Waals surface area contributed by atoms with E-state index in [1.807, 2.05) is 4.90 Å². The van der Waals surface area contributed by atoms with Crippen LogP contribution in [0.15, 0.2) is 41.4 Å². The van der Waals surface area contributed by atoms with Gasteiger partial charge in [-0.25, -0.2) is 17.8 Å². The number of rotatable bonds is 7. The van der Waals surface area contributed by atoms with Crippen molar-refractivity contribution in [3.63, 3.8) is 0 Å². The summed E-state index contributed by atoms with van der Waals surface area (Å²) in [6.07, 6.45) is 4.57. The second-order valence-corrected chi connectivity index (χ2v) is 8.89. The lowest BCUT2D eigenvalue weighted by atomic mass is 10.1. The molecule has 1 saturated heterocycles. The zero-order valence-electron chi connectivity index (χ0n) is 15.8. The van der Waals surface area contributed by atoms with E-state index in [4.69, 9.17) is 0 Å². The number of dihydropyridines is 1. The van der Waals surface area contributed by atoms with E-state index < -0.39 is 27.8 Å². The molecule has 0 spiro atoms. The number of piperazine rings is 1. The molecule has 1 unspecified atom stereocenters. The zero-order chi connectivity index (χ0) is 20.9. The number of nitrogens with zero attached hydrogens (tertiary/aromatic N) is 3. The van der Waals surface area contributed by atoms with Crippen molar-refractivity contribution in [1.82, 2.24) is 9.62 Å². The monoisotopic (exact) mass is 422 g/mol. The molecular weight excluding hydrogens is 399 g/mol. The average Bonchev–Trinajstić information content (AvgIpc) is 2.72. The largest absolute Gasteiger partial charge is 0.369 e. The van der Waals surface area contributed by atoms with Crippen LogP contribution in [0.4, 0.5) is 10.1 Å². The molecule has 2 heterocycles. The van der Waals surface area contributed by atoms with Gasteiger partial charge in [0.15, 0.2) is 0 Å². The topological polar surface area (TPSA) is 99.1 Å². The first kappa shape index (κ1) is 21.1. The Morgan fingerprint density at radius 2 is 1.86 bits per heavy atom. The third kappa shape index (κ3) is 5.48. The summed E-state index contributed by atoms with van der Waals surface area (Å²) in [4.78, 5) is 29.1. The molecule has 2 aliphatic heterocycles. The van der Waals surface area contributed by atoms with Crippen LogP contribution in [0.3, 0.4) is 0 Å². The molecule has 3 rings (SSSR count). The summed E-state index contributed by atoms with van der Waals surface area (Å²) in [5.74, 6) is -2.35. The van der Waals surface area contributed by atoms with E-state index in [1.165, 1.54) is 34.8 Å². The highest BCUT2D eigenvalue weighted by Crippen LogP contribution is 2.18. The van der Waals surface area contributed by atoms with Crippen molar-refractivity contribution in [2.45, 2.75) is 6.42 Å². The van der Waals surface area contributed by atoms with Gasteiger partial charge in [-0.2, -0.15) is 4.31 Å². The van der Waals surface area contributed by atoms with Gasteiger partial charge in [-0.05, 0) is 36.8 Å². The van der Waals surface area contributed by atoms with Gasteiger partial charge >= 0.3 is 0 Å². The minimum atomic E-state index is -3.44. The number of carbonyl (C=O) groups is 2. The van der Waals surface area contributed by atoms with Gasteiger partial charge in [0, 0.05) is 44.6 Å². The van der Waals surface area contributed by atoms with Gasteiger partial charge in [0.05, 0.1) is 5.75 Å². The van der Waals surface area contributed by atoms with Crippen molar-refractivity contribution in [3.8, 4) is 0 Å². The van der Waals surface area contributed by atoms with Crippen molar-refractivity contribution in [1.29, 1.82) is 0 Å². The molecule has 1 N–H and O–H groups in total. The van der Waals surface area contributed by atoms with Crippen molar-refractivity contribution >= 4 is 33.7 Å². The highest BCUT2D eigenvalue weighted by Gasteiger charge is 2.27. The Balaban J connectivity index is 1.41. The number of allylic oxidation sites excluding steroid dienone is 1. The average molecular weight is 422 g/mol. The van der Waals surface area contributed by atoms with Crippen LogP contribution in [0.1, 0.15) is 6.42 Å². The third-order valence-electron chi connectivity index (χ3n) is 4.84. The van der Waals surface area contributed by atoms with E-state index in [-0.39, 0.29) is 24.5 Å². The Labute approximate surface area is 169 Å². The van der Waals surface area contributed by atoms with Crippen LogP contribution in [0, 0.1) is 11.7 Å². The summed E-state index contributed by atoms with van der Waals surface area (Å²) in [7, 11) is -3.44. The van der Waals surface area contributed by atoms with Gasteiger partial charge in [-0.15, -0.1) is 0 Å². The molecule has 0 saturated carbocycles. The molecule has 1 aromatic rings. The smallest absolute Gasteiger partial charge is 0.262 e. The summed E-state index contributed by atoms with van der Waals surface area (Å²) in [6.45, 7) is 1.92. The van der Waals surface area contributed by atoms with Crippen LogP contribution in [0.25, 0.3) is 0 Å². The number of benzene rings is 1. The van der Waals surface area contributed by atoms with Gasteiger partial charge in [-0.1, -0.05) is 6.08 Å². The molecule has 2 aliphatic rings. The van der Waals surface area contributed by atoms with Gasteiger partial charge in [-0.3, -0.25) is 9.59 Å². The summed E-state index contributed by atoms with van der Waals surface area (Å²) in [5.41, 5.74) is 0.863. The van der Waals surface area contributed by atoms with Gasteiger partial charge in [0.2, 0.25) is 15.9 Å². The van der Waals surface area contributed by atoms with E-state index >= 15 is 0 Å². The van der Waals surface area contributed by atoms with Crippen LogP contribution < -0.4 is 10.2 Å². The lowest BCUT2D eigenvalue weighted by Gasteiger charge is -2.35. The minimum absolute atomic E-state index is 0.0869. The van der Waals surface area contributed by atoms with E-state index in [0.717, 1.165) is 5.69 Å². The molecule has 10 heteroatoms. The van der Waals surface area contributed by atoms with Crippen molar-refractivity contribution in [2.75, 3.05) is 43.4 Å². The number of nitrogens with one attached hydrogen (secondary N) is 1. The number of sulfonamides is 1. The molecule has 8 nitrogen and oxygen atoms in total. The fourth-order valence-electron chi connectivity index (χ4n) is 3.22. The van der Waals surface area contributed by atoms with Crippen LogP contribution in [0.2, 0.25) is 0 Å². The molecule has 29 heavy (non-hydrogen) atoms. The van der Waals surface area contributed by atoms with E-state index in [2.05, 4.69) is 10.3 Å². The maximum Gasteiger partial charge on any atom is 0.262 e. The highest BCUT2D eigenvalue weighted by molar-refractivity contribution is 7.89. The van der Waals surface area contributed by atoms with Crippen LogP contribution in [-0.4, -0.2) is 69.2 Å². The number of aliphatic imine (C=N–C) groups is 1.